The van der Waals surface area contributed by atoms with Crippen LogP contribution >= 0.6 is 11.8 Å². The van der Waals surface area contributed by atoms with Crippen molar-refractivity contribution in [3.05, 3.63) is 47.0 Å². The van der Waals surface area contributed by atoms with Crippen molar-refractivity contribution in [1.29, 1.82) is 0 Å². The van der Waals surface area contributed by atoms with Crippen LogP contribution in [0.5, 0.6) is 0 Å². The van der Waals surface area contributed by atoms with Crippen LogP contribution in [0.15, 0.2) is 29.2 Å². The lowest BCUT2D eigenvalue weighted by Gasteiger charge is -2.26. The molecule has 1 N–H and O–H groups in total. The van der Waals surface area contributed by atoms with Crippen LogP contribution in [-0.4, -0.2) is 21.4 Å². The van der Waals surface area contributed by atoms with Gasteiger partial charge >= 0.3 is 0 Å². The summed E-state index contributed by atoms with van der Waals surface area (Å²) in [4.78, 5) is 13.4. The Morgan fingerprint density at radius 2 is 2.29 bits per heavy atom. The number of amides is 1. The van der Waals surface area contributed by atoms with E-state index in [9.17, 15) is 9.18 Å². The molecule has 1 aromatic carbocycles. The lowest BCUT2D eigenvalue weighted by atomic mass is 10.0. The molecule has 1 atom stereocenters. The first kappa shape index (κ1) is 14.1. The Balaban J connectivity index is 1.85. The minimum Gasteiger partial charge on any atom is -0.344 e. The fourth-order valence-corrected chi connectivity index (χ4v) is 3.68. The van der Waals surface area contributed by atoms with E-state index in [4.69, 9.17) is 0 Å². The van der Waals surface area contributed by atoms with Crippen LogP contribution in [0.25, 0.3) is 0 Å². The molecule has 6 heteroatoms. The Bertz CT molecular complexity index is 698. The van der Waals surface area contributed by atoms with Crippen molar-refractivity contribution in [2.24, 2.45) is 7.05 Å². The molecule has 0 saturated heterocycles. The number of fused-ring (bicyclic) bond motifs is 1. The van der Waals surface area contributed by atoms with E-state index < -0.39 is 0 Å². The Morgan fingerprint density at radius 3 is 3.00 bits per heavy atom. The molecule has 1 aromatic heterocycles. The zero-order valence-corrected chi connectivity index (χ0v) is 12.7. The van der Waals surface area contributed by atoms with E-state index in [1.807, 2.05) is 6.92 Å². The summed E-state index contributed by atoms with van der Waals surface area (Å²) in [7, 11) is 1.74. The summed E-state index contributed by atoms with van der Waals surface area (Å²) in [6.45, 7) is 1.85. The molecular weight excluding hydrogens is 289 g/mol. The highest BCUT2D eigenvalue weighted by Gasteiger charge is 2.24. The lowest BCUT2D eigenvalue weighted by molar-refractivity contribution is 0.0925. The van der Waals surface area contributed by atoms with Crippen LogP contribution in [0, 0.1) is 12.7 Å². The van der Waals surface area contributed by atoms with Gasteiger partial charge in [0.15, 0.2) is 0 Å². The van der Waals surface area contributed by atoms with E-state index in [0.717, 1.165) is 28.3 Å². The lowest BCUT2D eigenvalue weighted by Crippen LogP contribution is -2.32. The molecule has 0 spiro atoms. The van der Waals surface area contributed by atoms with E-state index in [-0.39, 0.29) is 17.8 Å². The minimum atomic E-state index is -0.271. The van der Waals surface area contributed by atoms with E-state index in [1.165, 1.54) is 12.1 Å². The van der Waals surface area contributed by atoms with E-state index in [0.29, 0.717) is 5.69 Å². The molecule has 0 radical (unpaired) electrons. The van der Waals surface area contributed by atoms with Crippen molar-refractivity contribution in [3.8, 4) is 0 Å². The first-order valence-corrected chi connectivity index (χ1v) is 7.77. The molecule has 2 aromatic rings. The van der Waals surface area contributed by atoms with Crippen molar-refractivity contribution < 1.29 is 9.18 Å². The summed E-state index contributed by atoms with van der Waals surface area (Å²) in [6.07, 6.45) is 0.795. The van der Waals surface area contributed by atoms with Crippen LogP contribution in [0.3, 0.4) is 0 Å². The van der Waals surface area contributed by atoms with Crippen LogP contribution in [0.4, 0.5) is 4.39 Å². The molecule has 1 unspecified atom stereocenters. The third-order valence-corrected chi connectivity index (χ3v) is 4.67. The summed E-state index contributed by atoms with van der Waals surface area (Å²) >= 11 is 1.70. The number of rotatable bonds is 2. The number of carbonyl (C=O) groups is 1. The predicted octanol–water partition coefficient (Wildman–Crippen LogP) is 2.83. The van der Waals surface area contributed by atoms with E-state index in [1.54, 1.807) is 35.6 Å². The number of hydrogen-bond donors (Lipinski definition) is 1. The molecule has 4 nitrogen and oxygen atoms in total. The number of hydrogen-bond acceptors (Lipinski definition) is 3. The Kier molecular flexibility index (Phi) is 3.71. The summed E-state index contributed by atoms with van der Waals surface area (Å²) in [5, 5.41) is 7.17. The summed E-state index contributed by atoms with van der Waals surface area (Å²) < 4.78 is 15.0. The number of aryl methyl sites for hydroxylation is 2. The maximum Gasteiger partial charge on any atom is 0.270 e. The number of nitrogens with one attached hydrogen (secondary N) is 1. The Morgan fingerprint density at radius 1 is 1.48 bits per heavy atom. The minimum absolute atomic E-state index is 0.153. The fraction of sp³-hybridized carbons (Fsp3) is 0.333. The zero-order valence-electron chi connectivity index (χ0n) is 11.9. The van der Waals surface area contributed by atoms with Gasteiger partial charge in [-0.05, 0) is 43.2 Å². The first-order chi connectivity index (χ1) is 10.0. The molecule has 1 amide bonds. The number of nitrogens with zero attached hydrogens (tertiary/aromatic N) is 2. The number of halogens is 1. The highest BCUT2D eigenvalue weighted by molar-refractivity contribution is 7.99. The molecule has 2 heterocycles. The van der Waals surface area contributed by atoms with Gasteiger partial charge in [-0.2, -0.15) is 5.10 Å². The van der Waals surface area contributed by atoms with E-state index in [2.05, 4.69) is 10.4 Å². The second-order valence-corrected chi connectivity index (χ2v) is 6.28. The average Bonchev–Trinajstić information content (AvgIpc) is 2.78. The SMILES string of the molecule is Cc1cc(C(=O)NC2CCSc3ccc(F)cc32)n(C)n1. The molecule has 0 aliphatic carbocycles. The third-order valence-electron chi connectivity index (χ3n) is 3.55. The second kappa shape index (κ2) is 5.52. The molecule has 3 rings (SSSR count). The molecular formula is C15H16FN3OS. The van der Waals surface area contributed by atoms with Crippen molar-refractivity contribution in [1.82, 2.24) is 15.1 Å². The standard InChI is InChI=1S/C15H16FN3OS/c1-9-7-13(19(2)18-9)15(20)17-12-5-6-21-14-4-3-10(16)8-11(12)14/h3-4,7-8,12H,5-6H2,1-2H3,(H,17,20). The van der Waals surface area contributed by atoms with Crippen LogP contribution in [0.2, 0.25) is 0 Å². The third kappa shape index (κ3) is 2.81. The summed E-state index contributed by atoms with van der Waals surface area (Å²) in [5.74, 6) is 0.464. The molecule has 1 aliphatic heterocycles. The van der Waals surface area contributed by atoms with Crippen molar-refractivity contribution in [2.75, 3.05) is 5.75 Å². The average molecular weight is 305 g/mol. The van der Waals surface area contributed by atoms with Gasteiger partial charge in [-0.25, -0.2) is 4.39 Å². The quantitative estimate of drug-likeness (QED) is 0.928. The first-order valence-electron chi connectivity index (χ1n) is 6.78. The number of aromatic nitrogens is 2. The molecule has 110 valence electrons. The normalized spacial score (nSPS) is 17.4. The highest BCUT2D eigenvalue weighted by Crippen LogP contribution is 2.36. The maximum absolute atomic E-state index is 13.5. The van der Waals surface area contributed by atoms with Gasteiger partial charge in [0.2, 0.25) is 0 Å². The molecule has 0 bridgehead atoms. The summed E-state index contributed by atoms with van der Waals surface area (Å²) in [5.41, 5.74) is 2.18. The smallest absolute Gasteiger partial charge is 0.270 e. The van der Waals surface area contributed by atoms with Gasteiger partial charge in [0.05, 0.1) is 11.7 Å². The Hall–Kier alpha value is -1.82. The topological polar surface area (TPSA) is 46.9 Å². The maximum atomic E-state index is 13.5. The van der Waals surface area contributed by atoms with Crippen molar-refractivity contribution >= 4 is 17.7 Å². The van der Waals surface area contributed by atoms with Crippen LogP contribution in [-0.2, 0) is 7.05 Å². The van der Waals surface area contributed by atoms with Gasteiger partial charge < -0.3 is 5.32 Å². The van der Waals surface area contributed by atoms with Crippen molar-refractivity contribution in [2.45, 2.75) is 24.3 Å². The number of thioether (sulfide) groups is 1. The molecule has 21 heavy (non-hydrogen) atoms. The van der Waals surface area contributed by atoms with Crippen LogP contribution in [0.1, 0.15) is 34.2 Å². The van der Waals surface area contributed by atoms with Crippen LogP contribution < -0.4 is 5.32 Å². The monoisotopic (exact) mass is 305 g/mol. The Labute approximate surface area is 126 Å². The molecule has 0 saturated carbocycles. The number of carbonyl (C=O) groups excluding carboxylic acids is 1. The summed E-state index contributed by atoms with van der Waals surface area (Å²) in [6, 6.07) is 6.35. The highest BCUT2D eigenvalue weighted by atomic mass is 32.2. The van der Waals surface area contributed by atoms with Crippen molar-refractivity contribution in [3.63, 3.8) is 0 Å². The van der Waals surface area contributed by atoms with Gasteiger partial charge in [-0.15, -0.1) is 11.8 Å². The molecule has 0 fully saturated rings. The van der Waals surface area contributed by atoms with E-state index >= 15 is 0 Å². The second-order valence-electron chi connectivity index (χ2n) is 5.14. The van der Waals surface area contributed by atoms with Gasteiger partial charge in [-0.3, -0.25) is 9.48 Å². The number of benzene rings is 1. The van der Waals surface area contributed by atoms with Gasteiger partial charge in [0, 0.05) is 17.7 Å². The zero-order chi connectivity index (χ0) is 15.0. The predicted molar refractivity (Wildman–Crippen MR) is 79.9 cm³/mol. The van der Waals surface area contributed by atoms with Gasteiger partial charge in [0.1, 0.15) is 11.5 Å². The largest absolute Gasteiger partial charge is 0.344 e. The van der Waals surface area contributed by atoms with Gasteiger partial charge in [0.25, 0.3) is 5.91 Å². The fourth-order valence-electron chi connectivity index (χ4n) is 2.57. The van der Waals surface area contributed by atoms with Gasteiger partial charge in [-0.1, -0.05) is 0 Å². The molecule has 1 aliphatic rings.